The fraction of sp³-hybridized carbons (Fsp3) is 0.357. The lowest BCUT2D eigenvalue weighted by Crippen LogP contribution is -2.39. The Kier molecular flexibility index (Phi) is 6.73. The summed E-state index contributed by atoms with van der Waals surface area (Å²) in [6, 6.07) is 6.93. The largest absolute Gasteiger partial charge is 0.497 e. The Hall–Kier alpha value is -1.70. The zero-order valence-corrected chi connectivity index (χ0v) is 14.2. The summed E-state index contributed by atoms with van der Waals surface area (Å²) in [5.41, 5.74) is 6.71. The van der Waals surface area contributed by atoms with Gasteiger partial charge in [-0.15, -0.1) is 22.6 Å². The standard InChI is InChI=1S/C14H18N4O2S.ClH/c1-8(2)11(15)12(19)16-14-18-17-13(21-14)9-4-6-10(20-3)7-5-9;/h4-8,11H,15H2,1-3H3,(H,16,18,19);1H/t11-;/m0./s1. The lowest BCUT2D eigenvalue weighted by Gasteiger charge is -2.13. The molecule has 2 rings (SSSR count). The zero-order valence-electron chi connectivity index (χ0n) is 12.6. The van der Waals surface area contributed by atoms with E-state index in [0.29, 0.717) is 5.13 Å². The summed E-state index contributed by atoms with van der Waals surface area (Å²) < 4.78 is 5.11. The van der Waals surface area contributed by atoms with Crippen molar-refractivity contribution in [2.45, 2.75) is 19.9 Å². The van der Waals surface area contributed by atoms with Crippen LogP contribution < -0.4 is 15.8 Å². The number of benzene rings is 1. The SMILES string of the molecule is COc1ccc(-c2nnc(NC(=O)[C@@H](N)C(C)C)s2)cc1.Cl. The van der Waals surface area contributed by atoms with Gasteiger partial charge in [-0.05, 0) is 30.2 Å². The number of methoxy groups -OCH3 is 1. The Bertz CT molecular complexity index is 616. The molecule has 0 fully saturated rings. The minimum atomic E-state index is -0.557. The second-order valence-corrected chi connectivity index (χ2v) is 5.88. The van der Waals surface area contributed by atoms with E-state index in [1.165, 1.54) is 11.3 Å². The topological polar surface area (TPSA) is 90.1 Å². The summed E-state index contributed by atoms with van der Waals surface area (Å²) in [7, 11) is 1.62. The van der Waals surface area contributed by atoms with Crippen molar-refractivity contribution >= 4 is 34.8 Å². The van der Waals surface area contributed by atoms with Crippen LogP contribution in [0.25, 0.3) is 10.6 Å². The fourth-order valence-electron chi connectivity index (χ4n) is 1.62. The first-order valence-corrected chi connectivity index (χ1v) is 7.37. The van der Waals surface area contributed by atoms with Gasteiger partial charge in [0.05, 0.1) is 13.2 Å². The van der Waals surface area contributed by atoms with E-state index in [0.717, 1.165) is 16.3 Å². The van der Waals surface area contributed by atoms with E-state index >= 15 is 0 Å². The molecule has 1 aromatic heterocycles. The molecule has 1 atom stereocenters. The predicted molar refractivity (Wildman–Crippen MR) is 90.6 cm³/mol. The van der Waals surface area contributed by atoms with Crippen LogP contribution >= 0.6 is 23.7 Å². The molecule has 0 saturated heterocycles. The number of nitrogens with one attached hydrogen (secondary N) is 1. The number of ether oxygens (including phenoxy) is 1. The molecule has 1 amide bonds. The van der Waals surface area contributed by atoms with Gasteiger partial charge in [-0.25, -0.2) is 0 Å². The number of carbonyl (C=O) groups is 1. The van der Waals surface area contributed by atoms with Gasteiger partial charge in [0.1, 0.15) is 10.8 Å². The predicted octanol–water partition coefficient (Wildman–Crippen LogP) is 2.56. The number of nitrogens with zero attached hydrogens (tertiary/aromatic N) is 2. The molecular weight excluding hydrogens is 324 g/mol. The van der Waals surface area contributed by atoms with Crippen molar-refractivity contribution in [1.82, 2.24) is 10.2 Å². The quantitative estimate of drug-likeness (QED) is 0.871. The summed E-state index contributed by atoms with van der Waals surface area (Å²) in [6.45, 7) is 3.79. The minimum absolute atomic E-state index is 0. The second kappa shape index (κ2) is 8.07. The molecule has 0 aliphatic carbocycles. The van der Waals surface area contributed by atoms with Crippen LogP contribution in [-0.4, -0.2) is 29.3 Å². The monoisotopic (exact) mass is 342 g/mol. The van der Waals surface area contributed by atoms with Crippen molar-refractivity contribution < 1.29 is 9.53 Å². The van der Waals surface area contributed by atoms with E-state index in [9.17, 15) is 4.79 Å². The molecule has 8 heteroatoms. The maximum Gasteiger partial charge on any atom is 0.243 e. The van der Waals surface area contributed by atoms with Gasteiger partial charge >= 0.3 is 0 Å². The molecule has 0 unspecified atom stereocenters. The number of aromatic nitrogens is 2. The van der Waals surface area contributed by atoms with Crippen LogP contribution in [0.3, 0.4) is 0 Å². The molecular formula is C14H19ClN4O2S. The molecule has 0 spiro atoms. The average Bonchev–Trinajstić information content (AvgIpc) is 2.94. The molecule has 0 bridgehead atoms. The number of hydrogen-bond donors (Lipinski definition) is 2. The van der Waals surface area contributed by atoms with Gasteiger partial charge in [-0.3, -0.25) is 10.1 Å². The molecule has 1 heterocycles. The van der Waals surface area contributed by atoms with Gasteiger partial charge in [-0.1, -0.05) is 25.2 Å². The van der Waals surface area contributed by atoms with Gasteiger partial charge in [-0.2, -0.15) is 0 Å². The number of hydrogen-bond acceptors (Lipinski definition) is 6. The lowest BCUT2D eigenvalue weighted by atomic mass is 10.1. The number of halogens is 1. The van der Waals surface area contributed by atoms with Crippen molar-refractivity contribution in [3.05, 3.63) is 24.3 Å². The van der Waals surface area contributed by atoms with Gasteiger partial charge < -0.3 is 10.5 Å². The first kappa shape index (κ1) is 18.3. The third-order valence-electron chi connectivity index (χ3n) is 3.01. The number of amides is 1. The van der Waals surface area contributed by atoms with E-state index in [2.05, 4.69) is 15.5 Å². The Morgan fingerprint density at radius 2 is 1.91 bits per heavy atom. The van der Waals surface area contributed by atoms with Gasteiger partial charge in [0.25, 0.3) is 0 Å². The highest BCUT2D eigenvalue weighted by Crippen LogP contribution is 2.27. The number of carbonyl (C=O) groups excluding carboxylic acids is 1. The van der Waals surface area contributed by atoms with E-state index in [1.807, 2.05) is 38.1 Å². The van der Waals surface area contributed by atoms with Crippen molar-refractivity contribution in [3.63, 3.8) is 0 Å². The van der Waals surface area contributed by atoms with Crippen LogP contribution in [0.2, 0.25) is 0 Å². The Morgan fingerprint density at radius 3 is 2.45 bits per heavy atom. The molecule has 22 heavy (non-hydrogen) atoms. The van der Waals surface area contributed by atoms with Crippen LogP contribution in [0.5, 0.6) is 5.75 Å². The summed E-state index contributed by atoms with van der Waals surface area (Å²) >= 11 is 1.31. The van der Waals surface area contributed by atoms with Crippen LogP contribution in [0.1, 0.15) is 13.8 Å². The highest BCUT2D eigenvalue weighted by molar-refractivity contribution is 7.18. The molecule has 6 nitrogen and oxygen atoms in total. The molecule has 0 radical (unpaired) electrons. The maximum absolute atomic E-state index is 11.9. The van der Waals surface area contributed by atoms with Crippen molar-refractivity contribution in [2.75, 3.05) is 12.4 Å². The molecule has 0 aliphatic rings. The smallest absolute Gasteiger partial charge is 0.243 e. The maximum atomic E-state index is 11.9. The van der Waals surface area contributed by atoms with Gasteiger partial charge in [0.15, 0.2) is 0 Å². The minimum Gasteiger partial charge on any atom is -0.497 e. The molecule has 1 aromatic carbocycles. The average molecular weight is 343 g/mol. The molecule has 0 saturated carbocycles. The van der Waals surface area contributed by atoms with Crippen molar-refractivity contribution in [1.29, 1.82) is 0 Å². The Labute approximate surface area is 139 Å². The van der Waals surface area contributed by atoms with Crippen LogP contribution in [0.15, 0.2) is 24.3 Å². The van der Waals surface area contributed by atoms with E-state index < -0.39 is 6.04 Å². The molecule has 2 aromatic rings. The third kappa shape index (κ3) is 4.40. The molecule has 3 N–H and O–H groups in total. The highest BCUT2D eigenvalue weighted by Gasteiger charge is 2.19. The summed E-state index contributed by atoms with van der Waals surface area (Å²) in [5.74, 6) is 0.598. The number of rotatable bonds is 5. The molecule has 120 valence electrons. The number of nitrogens with two attached hydrogens (primary N) is 1. The molecule has 0 aliphatic heterocycles. The first-order chi connectivity index (χ1) is 10.0. The summed E-state index contributed by atoms with van der Waals surface area (Å²) in [5, 5.41) is 11.9. The second-order valence-electron chi connectivity index (χ2n) is 4.90. The number of anilines is 1. The van der Waals surface area contributed by atoms with Crippen LogP contribution in [0.4, 0.5) is 5.13 Å². The van der Waals surface area contributed by atoms with Crippen LogP contribution in [0, 0.1) is 5.92 Å². The van der Waals surface area contributed by atoms with E-state index in [-0.39, 0.29) is 24.2 Å². The van der Waals surface area contributed by atoms with E-state index in [1.54, 1.807) is 7.11 Å². The van der Waals surface area contributed by atoms with Crippen molar-refractivity contribution in [2.24, 2.45) is 11.7 Å². The van der Waals surface area contributed by atoms with Crippen LogP contribution in [-0.2, 0) is 4.79 Å². The highest BCUT2D eigenvalue weighted by atomic mass is 35.5. The van der Waals surface area contributed by atoms with Gasteiger partial charge in [0.2, 0.25) is 11.0 Å². The normalized spacial score (nSPS) is 11.7. The zero-order chi connectivity index (χ0) is 15.4. The lowest BCUT2D eigenvalue weighted by molar-refractivity contribution is -0.118. The van der Waals surface area contributed by atoms with Gasteiger partial charge in [0, 0.05) is 5.56 Å². The fourth-order valence-corrected chi connectivity index (χ4v) is 2.37. The van der Waals surface area contributed by atoms with E-state index in [4.69, 9.17) is 10.5 Å². The Balaban J connectivity index is 0.00000242. The Morgan fingerprint density at radius 1 is 1.27 bits per heavy atom. The first-order valence-electron chi connectivity index (χ1n) is 6.55. The van der Waals surface area contributed by atoms with Crippen molar-refractivity contribution in [3.8, 4) is 16.3 Å². The third-order valence-corrected chi connectivity index (χ3v) is 3.90. The summed E-state index contributed by atoms with van der Waals surface area (Å²) in [6.07, 6.45) is 0. The summed E-state index contributed by atoms with van der Waals surface area (Å²) in [4.78, 5) is 11.9.